The van der Waals surface area contributed by atoms with Crippen molar-refractivity contribution in [3.05, 3.63) is 42.2 Å². The van der Waals surface area contributed by atoms with Crippen LogP contribution in [0.15, 0.2) is 31.0 Å². The summed E-state index contributed by atoms with van der Waals surface area (Å²) in [5.74, 6) is 0.698. The van der Waals surface area contributed by atoms with Crippen molar-refractivity contribution in [3.8, 4) is 5.75 Å². The predicted octanol–water partition coefficient (Wildman–Crippen LogP) is 0.872. The molecule has 2 N–H and O–H groups in total. The average molecular weight is 218 g/mol. The molecule has 5 heteroatoms. The molecule has 0 bridgehead atoms. The first-order chi connectivity index (χ1) is 7.70. The number of hydrogen-bond acceptors (Lipinski definition) is 4. The van der Waals surface area contributed by atoms with Crippen LogP contribution in [0.3, 0.4) is 0 Å². The Labute approximate surface area is 93.9 Å². The smallest absolute Gasteiger partial charge is 0.137 e. The van der Waals surface area contributed by atoms with Gasteiger partial charge in [-0.2, -0.15) is 0 Å². The largest absolute Gasteiger partial charge is 0.495 e. The molecule has 84 valence electrons. The minimum Gasteiger partial charge on any atom is -0.495 e. The van der Waals surface area contributed by atoms with Crippen molar-refractivity contribution in [2.45, 2.75) is 6.04 Å². The predicted molar refractivity (Wildman–Crippen MR) is 60.0 cm³/mol. The maximum absolute atomic E-state index is 6.08. The molecule has 0 aromatic carbocycles. The Morgan fingerprint density at radius 3 is 2.88 bits per heavy atom. The molecule has 0 aliphatic heterocycles. The number of imidazole rings is 1. The zero-order valence-electron chi connectivity index (χ0n) is 9.29. The van der Waals surface area contributed by atoms with Gasteiger partial charge in [0.25, 0.3) is 0 Å². The lowest BCUT2D eigenvalue weighted by molar-refractivity contribution is 0.412. The second kappa shape index (κ2) is 4.32. The molecule has 0 fully saturated rings. The molecule has 5 nitrogen and oxygen atoms in total. The third kappa shape index (κ3) is 2.04. The number of aryl methyl sites for hydroxylation is 1. The van der Waals surface area contributed by atoms with E-state index in [4.69, 9.17) is 10.5 Å². The van der Waals surface area contributed by atoms with Crippen LogP contribution in [0.1, 0.15) is 17.3 Å². The number of ether oxygens (including phenoxy) is 1. The van der Waals surface area contributed by atoms with Crippen LogP contribution in [-0.4, -0.2) is 21.6 Å². The molecule has 2 aromatic heterocycles. The lowest BCUT2D eigenvalue weighted by atomic mass is 10.1. The van der Waals surface area contributed by atoms with Gasteiger partial charge in [-0.1, -0.05) is 0 Å². The summed E-state index contributed by atoms with van der Waals surface area (Å²) in [5, 5.41) is 0. The minimum absolute atomic E-state index is 0.274. The number of methoxy groups -OCH3 is 1. The first-order valence-corrected chi connectivity index (χ1v) is 4.93. The number of pyridine rings is 1. The molecular weight excluding hydrogens is 204 g/mol. The topological polar surface area (TPSA) is 66.0 Å². The van der Waals surface area contributed by atoms with Crippen LogP contribution in [0.2, 0.25) is 0 Å². The fraction of sp³-hybridized carbons (Fsp3) is 0.273. The Kier molecular flexibility index (Phi) is 2.87. The van der Waals surface area contributed by atoms with Gasteiger partial charge in [-0.05, 0) is 11.6 Å². The van der Waals surface area contributed by atoms with Gasteiger partial charge in [-0.25, -0.2) is 4.98 Å². The highest BCUT2D eigenvalue weighted by atomic mass is 16.5. The van der Waals surface area contributed by atoms with Gasteiger partial charge >= 0.3 is 0 Å². The quantitative estimate of drug-likeness (QED) is 0.830. The Hall–Kier alpha value is -1.88. The number of rotatable bonds is 3. The van der Waals surface area contributed by atoms with Gasteiger partial charge in [0.05, 0.1) is 31.4 Å². The van der Waals surface area contributed by atoms with E-state index >= 15 is 0 Å². The number of aromatic nitrogens is 3. The van der Waals surface area contributed by atoms with Crippen LogP contribution in [0, 0.1) is 0 Å². The monoisotopic (exact) mass is 218 g/mol. The number of hydrogen-bond donors (Lipinski definition) is 1. The van der Waals surface area contributed by atoms with Gasteiger partial charge in [-0.15, -0.1) is 0 Å². The highest BCUT2D eigenvalue weighted by Gasteiger charge is 2.12. The summed E-state index contributed by atoms with van der Waals surface area (Å²) >= 11 is 0. The van der Waals surface area contributed by atoms with E-state index in [2.05, 4.69) is 9.97 Å². The molecule has 2 rings (SSSR count). The average Bonchev–Trinajstić information content (AvgIpc) is 2.75. The molecule has 0 radical (unpaired) electrons. The zero-order valence-corrected chi connectivity index (χ0v) is 9.29. The molecule has 0 saturated heterocycles. The third-order valence-electron chi connectivity index (χ3n) is 2.37. The Morgan fingerprint density at radius 2 is 2.25 bits per heavy atom. The lowest BCUT2D eigenvalue weighted by Gasteiger charge is -2.09. The van der Waals surface area contributed by atoms with E-state index in [0.717, 1.165) is 11.3 Å². The van der Waals surface area contributed by atoms with E-state index in [9.17, 15) is 0 Å². The first-order valence-electron chi connectivity index (χ1n) is 4.93. The van der Waals surface area contributed by atoms with Gasteiger partial charge < -0.3 is 15.0 Å². The van der Waals surface area contributed by atoms with Crippen LogP contribution in [0.25, 0.3) is 0 Å². The zero-order chi connectivity index (χ0) is 11.5. The van der Waals surface area contributed by atoms with Gasteiger partial charge in [0.15, 0.2) is 0 Å². The fourth-order valence-electron chi connectivity index (χ4n) is 1.48. The van der Waals surface area contributed by atoms with E-state index in [1.54, 1.807) is 25.8 Å². The molecule has 0 aliphatic carbocycles. The highest BCUT2D eigenvalue weighted by molar-refractivity contribution is 5.30. The first kappa shape index (κ1) is 10.6. The van der Waals surface area contributed by atoms with E-state index < -0.39 is 0 Å². The van der Waals surface area contributed by atoms with Crippen molar-refractivity contribution < 1.29 is 4.74 Å². The second-order valence-corrected chi connectivity index (χ2v) is 3.60. The van der Waals surface area contributed by atoms with Gasteiger partial charge in [0.2, 0.25) is 0 Å². The summed E-state index contributed by atoms with van der Waals surface area (Å²) in [4.78, 5) is 8.29. The summed E-state index contributed by atoms with van der Waals surface area (Å²) in [6.07, 6.45) is 6.99. The van der Waals surface area contributed by atoms with Crippen LogP contribution >= 0.6 is 0 Å². The SMILES string of the molecule is COc1cncc(C(N)c2cn(C)cn2)c1. The van der Waals surface area contributed by atoms with Gasteiger partial charge in [0.1, 0.15) is 5.75 Å². The Balaban J connectivity index is 2.29. The van der Waals surface area contributed by atoms with Crippen LogP contribution in [0.5, 0.6) is 5.75 Å². The number of nitrogens with zero attached hydrogens (tertiary/aromatic N) is 3. The van der Waals surface area contributed by atoms with E-state index in [0.29, 0.717) is 5.75 Å². The van der Waals surface area contributed by atoms with Crippen molar-refractivity contribution in [3.63, 3.8) is 0 Å². The maximum Gasteiger partial charge on any atom is 0.137 e. The molecule has 0 saturated carbocycles. The van der Waals surface area contributed by atoms with Crippen LogP contribution < -0.4 is 10.5 Å². The second-order valence-electron chi connectivity index (χ2n) is 3.60. The summed E-state index contributed by atoms with van der Waals surface area (Å²) in [6, 6.07) is 1.59. The Bertz CT molecular complexity index is 480. The summed E-state index contributed by atoms with van der Waals surface area (Å²) in [5.41, 5.74) is 7.79. The van der Waals surface area contributed by atoms with Crippen LogP contribution in [-0.2, 0) is 7.05 Å². The minimum atomic E-state index is -0.274. The van der Waals surface area contributed by atoms with Crippen molar-refractivity contribution in [1.82, 2.24) is 14.5 Å². The molecule has 0 spiro atoms. The van der Waals surface area contributed by atoms with E-state index in [1.807, 2.05) is 23.9 Å². The van der Waals surface area contributed by atoms with Crippen molar-refractivity contribution in [2.75, 3.05) is 7.11 Å². The molecule has 16 heavy (non-hydrogen) atoms. The molecular formula is C11H14N4O. The summed E-state index contributed by atoms with van der Waals surface area (Å²) in [7, 11) is 3.51. The maximum atomic E-state index is 6.08. The third-order valence-corrected chi connectivity index (χ3v) is 2.37. The summed E-state index contributed by atoms with van der Waals surface area (Å²) < 4.78 is 6.97. The van der Waals surface area contributed by atoms with Gasteiger partial charge in [0, 0.05) is 19.4 Å². The van der Waals surface area contributed by atoms with Crippen molar-refractivity contribution >= 4 is 0 Å². The van der Waals surface area contributed by atoms with Gasteiger partial charge in [-0.3, -0.25) is 4.98 Å². The molecule has 0 amide bonds. The van der Waals surface area contributed by atoms with Crippen LogP contribution in [0.4, 0.5) is 0 Å². The molecule has 0 aliphatic rings. The molecule has 2 heterocycles. The fourth-order valence-corrected chi connectivity index (χ4v) is 1.48. The molecule has 1 unspecified atom stereocenters. The Morgan fingerprint density at radius 1 is 1.44 bits per heavy atom. The highest BCUT2D eigenvalue weighted by Crippen LogP contribution is 2.20. The molecule has 1 atom stereocenters. The normalized spacial score (nSPS) is 12.4. The lowest BCUT2D eigenvalue weighted by Crippen LogP contribution is -2.12. The number of nitrogens with two attached hydrogens (primary N) is 1. The summed E-state index contributed by atoms with van der Waals surface area (Å²) in [6.45, 7) is 0. The van der Waals surface area contributed by atoms with E-state index in [-0.39, 0.29) is 6.04 Å². The van der Waals surface area contributed by atoms with E-state index in [1.165, 1.54) is 0 Å². The standard InChI is InChI=1S/C11H14N4O/c1-15-6-10(14-7-15)11(12)8-3-9(16-2)5-13-4-8/h3-7,11H,12H2,1-2H3. The molecule has 2 aromatic rings. The van der Waals surface area contributed by atoms with Crippen molar-refractivity contribution in [1.29, 1.82) is 0 Å². The van der Waals surface area contributed by atoms with Crippen molar-refractivity contribution in [2.24, 2.45) is 12.8 Å².